The Morgan fingerprint density at radius 3 is 2.55 bits per heavy atom. The molecule has 0 bridgehead atoms. The Labute approximate surface area is 121 Å². The Kier molecular flexibility index (Phi) is 6.21. The minimum absolute atomic E-state index is 0.00927. The first-order valence-corrected chi connectivity index (χ1v) is 7.06. The van der Waals surface area contributed by atoms with Crippen LogP contribution in [-0.2, 0) is 4.79 Å². The van der Waals surface area contributed by atoms with E-state index < -0.39 is 0 Å². The van der Waals surface area contributed by atoms with Crippen molar-refractivity contribution in [3.63, 3.8) is 0 Å². The molecule has 1 rings (SSSR count). The summed E-state index contributed by atoms with van der Waals surface area (Å²) < 4.78 is 0. The molecule has 1 amide bonds. The number of amides is 1. The molecule has 112 valence electrons. The zero-order chi connectivity index (χ0) is 15.1. The maximum atomic E-state index is 11.8. The molecule has 1 aromatic rings. The van der Waals surface area contributed by atoms with Gasteiger partial charge < -0.3 is 15.5 Å². The van der Waals surface area contributed by atoms with Gasteiger partial charge in [0.15, 0.2) is 0 Å². The van der Waals surface area contributed by atoms with Crippen LogP contribution >= 0.6 is 0 Å². The van der Waals surface area contributed by atoms with E-state index in [2.05, 4.69) is 20.6 Å². The molecule has 1 aromatic heterocycles. The van der Waals surface area contributed by atoms with E-state index in [0.717, 1.165) is 30.2 Å². The normalized spacial score (nSPS) is 10.2. The van der Waals surface area contributed by atoms with Crippen molar-refractivity contribution in [2.24, 2.45) is 0 Å². The summed E-state index contributed by atoms with van der Waals surface area (Å²) in [7, 11) is 1.87. The molecule has 0 aromatic carbocycles. The van der Waals surface area contributed by atoms with Crippen LogP contribution in [0.1, 0.15) is 31.7 Å². The van der Waals surface area contributed by atoms with Gasteiger partial charge in [-0.3, -0.25) is 4.79 Å². The van der Waals surface area contributed by atoms with Crippen molar-refractivity contribution in [3.05, 3.63) is 11.4 Å². The predicted molar refractivity (Wildman–Crippen MR) is 82.2 cm³/mol. The summed E-state index contributed by atoms with van der Waals surface area (Å²) in [6, 6.07) is 0. The van der Waals surface area contributed by atoms with Gasteiger partial charge in [-0.2, -0.15) is 0 Å². The van der Waals surface area contributed by atoms with Crippen molar-refractivity contribution in [3.8, 4) is 0 Å². The maximum Gasteiger partial charge on any atom is 0.239 e. The van der Waals surface area contributed by atoms with Crippen molar-refractivity contribution in [1.82, 2.24) is 15.3 Å². The van der Waals surface area contributed by atoms with Gasteiger partial charge in [0, 0.05) is 25.7 Å². The van der Waals surface area contributed by atoms with Gasteiger partial charge in [0.1, 0.15) is 17.5 Å². The van der Waals surface area contributed by atoms with Gasteiger partial charge in [0.05, 0.1) is 6.54 Å². The van der Waals surface area contributed by atoms with Gasteiger partial charge >= 0.3 is 0 Å². The Hall–Kier alpha value is -1.85. The lowest BCUT2D eigenvalue weighted by Gasteiger charge is -2.21. The lowest BCUT2D eigenvalue weighted by atomic mass is 10.2. The van der Waals surface area contributed by atoms with Crippen LogP contribution in [0.4, 0.5) is 11.6 Å². The fourth-order valence-electron chi connectivity index (χ4n) is 1.94. The number of aryl methyl sites for hydroxylation is 1. The monoisotopic (exact) mass is 279 g/mol. The van der Waals surface area contributed by atoms with Crippen LogP contribution in [-0.4, -0.2) is 42.6 Å². The van der Waals surface area contributed by atoms with Crippen molar-refractivity contribution in [2.75, 3.05) is 36.9 Å². The third-order valence-corrected chi connectivity index (χ3v) is 2.89. The molecule has 0 saturated carbocycles. The van der Waals surface area contributed by atoms with Crippen molar-refractivity contribution in [2.45, 2.75) is 34.1 Å². The number of anilines is 2. The molecular weight excluding hydrogens is 254 g/mol. The average Bonchev–Trinajstić information content (AvgIpc) is 2.40. The summed E-state index contributed by atoms with van der Waals surface area (Å²) in [5.74, 6) is 2.33. The minimum atomic E-state index is 0.00927. The van der Waals surface area contributed by atoms with Gasteiger partial charge in [-0.15, -0.1) is 0 Å². The second kappa shape index (κ2) is 7.67. The van der Waals surface area contributed by atoms with E-state index in [9.17, 15) is 4.79 Å². The molecular formula is C14H25N5O. The van der Waals surface area contributed by atoms with Gasteiger partial charge in [0.2, 0.25) is 5.91 Å². The first-order chi connectivity index (χ1) is 9.49. The molecule has 0 unspecified atom stereocenters. The number of nitrogens with one attached hydrogen (secondary N) is 2. The molecule has 0 aliphatic heterocycles. The van der Waals surface area contributed by atoms with Gasteiger partial charge in [-0.1, -0.05) is 6.92 Å². The van der Waals surface area contributed by atoms with Crippen LogP contribution in [0, 0.1) is 13.8 Å². The van der Waals surface area contributed by atoms with Crippen molar-refractivity contribution < 1.29 is 4.79 Å². The number of nitrogens with zero attached hydrogens (tertiary/aromatic N) is 3. The van der Waals surface area contributed by atoms with Gasteiger partial charge in [-0.25, -0.2) is 9.97 Å². The molecule has 6 nitrogen and oxygen atoms in total. The zero-order valence-electron chi connectivity index (χ0n) is 13.1. The molecule has 1 heterocycles. The Morgan fingerprint density at radius 2 is 1.95 bits per heavy atom. The lowest BCUT2D eigenvalue weighted by Crippen LogP contribution is -2.36. The second-order valence-electron chi connectivity index (χ2n) is 4.80. The number of carbonyl (C=O) groups excluding carboxylic acids is 1. The van der Waals surface area contributed by atoms with Gasteiger partial charge in [0.25, 0.3) is 0 Å². The van der Waals surface area contributed by atoms with E-state index in [-0.39, 0.29) is 5.91 Å². The molecule has 0 aliphatic carbocycles. The molecule has 0 radical (unpaired) electrons. The highest BCUT2D eigenvalue weighted by Crippen LogP contribution is 2.22. The second-order valence-corrected chi connectivity index (χ2v) is 4.80. The zero-order valence-corrected chi connectivity index (χ0v) is 13.1. The van der Waals surface area contributed by atoms with Crippen LogP contribution in [0.2, 0.25) is 0 Å². The Balaban J connectivity index is 2.86. The van der Waals surface area contributed by atoms with Crippen LogP contribution in [0.25, 0.3) is 0 Å². The standard InChI is InChI=1S/C14H25N5O/c1-6-8-16-12(20)9-19(5)14-10(3)13(15-7-2)17-11(4)18-14/h6-9H2,1-5H3,(H,16,20)(H,15,17,18). The van der Waals surface area contributed by atoms with Crippen LogP contribution in [0.3, 0.4) is 0 Å². The number of carbonyl (C=O) groups is 1. The lowest BCUT2D eigenvalue weighted by molar-refractivity contribution is -0.119. The molecule has 20 heavy (non-hydrogen) atoms. The smallest absolute Gasteiger partial charge is 0.239 e. The molecule has 6 heteroatoms. The molecule has 0 saturated heterocycles. The molecule has 0 aliphatic rings. The Bertz CT molecular complexity index is 461. The fraction of sp³-hybridized carbons (Fsp3) is 0.643. The highest BCUT2D eigenvalue weighted by atomic mass is 16.2. The third-order valence-electron chi connectivity index (χ3n) is 2.89. The number of rotatable bonds is 7. The minimum Gasteiger partial charge on any atom is -0.370 e. The maximum absolute atomic E-state index is 11.8. The summed E-state index contributed by atoms with van der Waals surface area (Å²) in [5, 5.41) is 6.09. The van der Waals surface area contributed by atoms with E-state index in [4.69, 9.17) is 0 Å². The number of likely N-dealkylation sites (N-methyl/N-ethyl adjacent to an activating group) is 1. The van der Waals surface area contributed by atoms with Crippen molar-refractivity contribution >= 4 is 17.5 Å². The third kappa shape index (κ3) is 4.36. The summed E-state index contributed by atoms with van der Waals surface area (Å²) in [5.41, 5.74) is 0.961. The number of hydrogen-bond acceptors (Lipinski definition) is 5. The quantitative estimate of drug-likeness (QED) is 0.791. The highest BCUT2D eigenvalue weighted by molar-refractivity contribution is 5.81. The number of hydrogen-bond donors (Lipinski definition) is 2. The summed E-state index contributed by atoms with van der Waals surface area (Å²) in [6.45, 7) is 9.68. The first-order valence-electron chi connectivity index (χ1n) is 7.06. The van der Waals surface area contributed by atoms with Crippen LogP contribution in [0.15, 0.2) is 0 Å². The summed E-state index contributed by atoms with van der Waals surface area (Å²) in [4.78, 5) is 22.5. The molecule has 0 spiro atoms. The predicted octanol–water partition coefficient (Wildman–Crippen LogP) is 1.49. The first kappa shape index (κ1) is 16.2. The largest absolute Gasteiger partial charge is 0.370 e. The molecule has 0 atom stereocenters. The van der Waals surface area contributed by atoms with E-state index in [0.29, 0.717) is 18.9 Å². The van der Waals surface area contributed by atoms with E-state index in [1.54, 1.807) is 0 Å². The fourth-order valence-corrected chi connectivity index (χ4v) is 1.94. The summed E-state index contributed by atoms with van der Waals surface area (Å²) in [6.07, 6.45) is 0.936. The van der Waals surface area contributed by atoms with Crippen molar-refractivity contribution in [1.29, 1.82) is 0 Å². The average molecular weight is 279 g/mol. The molecule has 2 N–H and O–H groups in total. The highest BCUT2D eigenvalue weighted by Gasteiger charge is 2.14. The van der Waals surface area contributed by atoms with E-state index in [1.807, 2.05) is 39.6 Å². The summed E-state index contributed by atoms with van der Waals surface area (Å²) >= 11 is 0. The Morgan fingerprint density at radius 1 is 1.25 bits per heavy atom. The molecule has 0 fully saturated rings. The topological polar surface area (TPSA) is 70.2 Å². The van der Waals surface area contributed by atoms with Crippen LogP contribution in [0.5, 0.6) is 0 Å². The van der Waals surface area contributed by atoms with E-state index >= 15 is 0 Å². The van der Waals surface area contributed by atoms with E-state index in [1.165, 1.54) is 0 Å². The van der Waals surface area contributed by atoms with Gasteiger partial charge in [-0.05, 0) is 27.2 Å². The number of aromatic nitrogens is 2. The van der Waals surface area contributed by atoms with Crippen LogP contribution < -0.4 is 15.5 Å². The SMILES string of the molecule is CCCNC(=O)CN(C)c1nc(C)nc(NCC)c1C.